The summed E-state index contributed by atoms with van der Waals surface area (Å²) in [6.45, 7) is 0.618. The van der Waals surface area contributed by atoms with E-state index in [0.29, 0.717) is 28.6 Å². The lowest BCUT2D eigenvalue weighted by Crippen LogP contribution is -2.03. The Bertz CT molecular complexity index is 1550. The van der Waals surface area contributed by atoms with Gasteiger partial charge in [-0.15, -0.1) is 0 Å². The standard InChI is InChI=1S/C30H23ClN2O3/c1-35-30(34)22-8-6-7-21(17-22)19-33-20-23(26-9-2-4-11-28(26)33)18-32-24-13-15-25(16-14-24)36-29-12-5-3-10-27(29)31/h2-18,20H,19H2,1H3. The number of carbonyl (C=O) groups excluding carboxylic acids is 1. The minimum absolute atomic E-state index is 0.342. The Morgan fingerprint density at radius 2 is 1.72 bits per heavy atom. The van der Waals surface area contributed by atoms with Crippen molar-refractivity contribution in [3.8, 4) is 11.5 Å². The van der Waals surface area contributed by atoms with E-state index in [-0.39, 0.29) is 5.97 Å². The summed E-state index contributed by atoms with van der Waals surface area (Å²) in [4.78, 5) is 16.6. The molecule has 5 rings (SSSR count). The van der Waals surface area contributed by atoms with Crippen molar-refractivity contribution in [3.63, 3.8) is 0 Å². The van der Waals surface area contributed by atoms with Gasteiger partial charge in [0, 0.05) is 35.4 Å². The van der Waals surface area contributed by atoms with Gasteiger partial charge in [-0.3, -0.25) is 4.99 Å². The summed E-state index contributed by atoms with van der Waals surface area (Å²) in [7, 11) is 1.39. The van der Waals surface area contributed by atoms with E-state index >= 15 is 0 Å². The number of ether oxygens (including phenoxy) is 2. The van der Waals surface area contributed by atoms with Crippen LogP contribution in [-0.4, -0.2) is 23.9 Å². The molecule has 5 nitrogen and oxygen atoms in total. The number of hydrogen-bond donors (Lipinski definition) is 0. The molecule has 0 fully saturated rings. The SMILES string of the molecule is COC(=O)c1cccc(Cn2cc(C=Nc3ccc(Oc4ccccc4Cl)cc3)c3ccccc32)c1. The number of aromatic nitrogens is 1. The molecule has 0 atom stereocenters. The highest BCUT2D eigenvalue weighted by Crippen LogP contribution is 2.30. The molecule has 0 unspecified atom stereocenters. The third-order valence-electron chi connectivity index (χ3n) is 5.77. The minimum Gasteiger partial charge on any atom is -0.465 e. The highest BCUT2D eigenvalue weighted by Gasteiger charge is 2.10. The van der Waals surface area contributed by atoms with Gasteiger partial charge in [0.05, 0.1) is 23.4 Å². The van der Waals surface area contributed by atoms with Crippen molar-refractivity contribution >= 4 is 40.4 Å². The number of methoxy groups -OCH3 is 1. The Labute approximate surface area is 214 Å². The van der Waals surface area contributed by atoms with Gasteiger partial charge in [-0.1, -0.05) is 54.1 Å². The normalized spacial score (nSPS) is 11.2. The highest BCUT2D eigenvalue weighted by molar-refractivity contribution is 6.32. The number of rotatable bonds is 7. The molecule has 4 aromatic carbocycles. The van der Waals surface area contributed by atoms with Gasteiger partial charge in [-0.05, 0) is 60.2 Å². The number of esters is 1. The Morgan fingerprint density at radius 3 is 2.53 bits per heavy atom. The number of halogens is 1. The van der Waals surface area contributed by atoms with E-state index in [4.69, 9.17) is 21.1 Å². The van der Waals surface area contributed by atoms with Crippen molar-refractivity contribution in [2.24, 2.45) is 4.99 Å². The summed E-state index contributed by atoms with van der Waals surface area (Å²) in [6.07, 6.45) is 3.95. The Balaban J connectivity index is 1.37. The first kappa shape index (κ1) is 23.4. The number of fused-ring (bicyclic) bond motifs is 1. The zero-order chi connectivity index (χ0) is 24.9. The molecule has 178 valence electrons. The van der Waals surface area contributed by atoms with E-state index in [9.17, 15) is 4.79 Å². The van der Waals surface area contributed by atoms with Gasteiger partial charge < -0.3 is 14.0 Å². The summed E-state index contributed by atoms with van der Waals surface area (Å²) < 4.78 is 12.9. The molecule has 1 heterocycles. The Hall–Kier alpha value is -4.35. The van der Waals surface area contributed by atoms with Gasteiger partial charge >= 0.3 is 5.97 Å². The van der Waals surface area contributed by atoms with Crippen LogP contribution in [0.4, 0.5) is 5.69 Å². The van der Waals surface area contributed by atoms with Gasteiger partial charge in [0.15, 0.2) is 0 Å². The molecule has 5 aromatic rings. The van der Waals surface area contributed by atoms with E-state index in [1.54, 1.807) is 12.1 Å². The van der Waals surface area contributed by atoms with Crippen LogP contribution in [0.25, 0.3) is 10.9 Å². The van der Waals surface area contributed by atoms with Crippen LogP contribution in [0.3, 0.4) is 0 Å². The molecule has 0 saturated carbocycles. The van der Waals surface area contributed by atoms with Crippen molar-refractivity contribution in [2.75, 3.05) is 7.11 Å². The summed E-state index contributed by atoms with van der Waals surface area (Å²) in [5.41, 5.74) is 4.45. The first-order valence-electron chi connectivity index (χ1n) is 11.4. The third kappa shape index (κ3) is 5.16. The van der Waals surface area contributed by atoms with E-state index in [1.807, 2.05) is 79.0 Å². The maximum absolute atomic E-state index is 11.9. The number of benzene rings is 4. The molecule has 0 bridgehead atoms. The monoisotopic (exact) mass is 494 g/mol. The van der Waals surface area contributed by atoms with E-state index in [2.05, 4.69) is 27.9 Å². The molecule has 0 N–H and O–H groups in total. The molecule has 6 heteroatoms. The molecular formula is C30H23ClN2O3. The lowest BCUT2D eigenvalue weighted by Gasteiger charge is -2.07. The number of carbonyl (C=O) groups is 1. The zero-order valence-electron chi connectivity index (χ0n) is 19.6. The van der Waals surface area contributed by atoms with Crippen molar-refractivity contribution in [3.05, 3.63) is 125 Å². The second-order valence-corrected chi connectivity index (χ2v) is 8.61. The molecular weight excluding hydrogens is 472 g/mol. The van der Waals surface area contributed by atoms with Gasteiger partial charge in [-0.2, -0.15) is 0 Å². The second kappa shape index (κ2) is 10.5. The third-order valence-corrected chi connectivity index (χ3v) is 6.09. The lowest BCUT2D eigenvalue weighted by atomic mass is 10.1. The minimum atomic E-state index is -0.342. The maximum Gasteiger partial charge on any atom is 0.337 e. The van der Waals surface area contributed by atoms with Crippen LogP contribution in [0, 0.1) is 0 Å². The van der Waals surface area contributed by atoms with Gasteiger partial charge in [0.25, 0.3) is 0 Å². The fourth-order valence-corrected chi connectivity index (χ4v) is 4.19. The summed E-state index contributed by atoms with van der Waals surface area (Å²) >= 11 is 6.18. The van der Waals surface area contributed by atoms with Crippen LogP contribution >= 0.6 is 11.6 Å². The van der Waals surface area contributed by atoms with Crippen molar-refractivity contribution in [1.82, 2.24) is 4.57 Å². The van der Waals surface area contributed by atoms with Crippen LogP contribution in [0.5, 0.6) is 11.5 Å². The van der Waals surface area contributed by atoms with Gasteiger partial charge in [0.2, 0.25) is 0 Å². The molecule has 0 radical (unpaired) electrons. The fraction of sp³-hybridized carbons (Fsp3) is 0.0667. The summed E-state index contributed by atoms with van der Waals surface area (Å²) in [5.74, 6) is 0.957. The number of nitrogens with zero attached hydrogens (tertiary/aromatic N) is 2. The number of aliphatic imine (C=N–C) groups is 1. The van der Waals surface area contributed by atoms with Gasteiger partial charge in [-0.25, -0.2) is 4.79 Å². The van der Waals surface area contributed by atoms with Crippen LogP contribution < -0.4 is 4.74 Å². The number of hydrogen-bond acceptors (Lipinski definition) is 4. The molecule has 1 aromatic heterocycles. The van der Waals surface area contributed by atoms with Crippen molar-refractivity contribution in [2.45, 2.75) is 6.54 Å². The lowest BCUT2D eigenvalue weighted by molar-refractivity contribution is 0.0600. The van der Waals surface area contributed by atoms with E-state index in [1.165, 1.54) is 7.11 Å². The molecule has 0 aliphatic rings. The topological polar surface area (TPSA) is 52.8 Å². The van der Waals surface area contributed by atoms with E-state index in [0.717, 1.165) is 27.7 Å². The first-order valence-corrected chi connectivity index (χ1v) is 11.8. The predicted octanol–water partition coefficient (Wildman–Crippen LogP) is 7.67. The number of para-hydroxylation sites is 2. The smallest absolute Gasteiger partial charge is 0.337 e. The first-order chi connectivity index (χ1) is 17.6. The predicted molar refractivity (Wildman–Crippen MR) is 144 cm³/mol. The Morgan fingerprint density at radius 1 is 0.944 bits per heavy atom. The average molecular weight is 495 g/mol. The van der Waals surface area contributed by atoms with Crippen molar-refractivity contribution < 1.29 is 14.3 Å². The van der Waals surface area contributed by atoms with Crippen molar-refractivity contribution in [1.29, 1.82) is 0 Å². The van der Waals surface area contributed by atoms with Gasteiger partial charge in [0.1, 0.15) is 11.5 Å². The molecule has 0 aliphatic heterocycles. The summed E-state index contributed by atoms with van der Waals surface area (Å²) in [6, 6.07) is 30.6. The van der Waals surface area contributed by atoms with E-state index < -0.39 is 0 Å². The quantitative estimate of drug-likeness (QED) is 0.172. The second-order valence-electron chi connectivity index (χ2n) is 8.21. The maximum atomic E-state index is 11.9. The fourth-order valence-electron chi connectivity index (χ4n) is 4.02. The molecule has 0 spiro atoms. The van der Waals surface area contributed by atoms with Crippen LogP contribution in [-0.2, 0) is 11.3 Å². The van der Waals surface area contributed by atoms with Crippen LogP contribution in [0.2, 0.25) is 5.02 Å². The van der Waals surface area contributed by atoms with Crippen LogP contribution in [0.1, 0.15) is 21.5 Å². The molecule has 0 aliphatic carbocycles. The molecule has 0 amide bonds. The average Bonchev–Trinajstić information content (AvgIpc) is 3.26. The largest absolute Gasteiger partial charge is 0.465 e. The highest BCUT2D eigenvalue weighted by atomic mass is 35.5. The molecule has 36 heavy (non-hydrogen) atoms. The molecule has 0 saturated heterocycles. The summed E-state index contributed by atoms with van der Waals surface area (Å²) in [5, 5.41) is 1.66. The zero-order valence-corrected chi connectivity index (χ0v) is 20.4. The van der Waals surface area contributed by atoms with Crippen LogP contribution in [0.15, 0.2) is 108 Å². The Kier molecular flexibility index (Phi) is 6.83.